The maximum absolute atomic E-state index is 12.1. The molecule has 5 nitrogen and oxygen atoms in total. The third kappa shape index (κ3) is 3.12. The second kappa shape index (κ2) is 6.34. The Morgan fingerprint density at radius 2 is 2.05 bits per heavy atom. The highest BCUT2D eigenvalue weighted by Gasteiger charge is 2.10. The lowest BCUT2D eigenvalue weighted by molar-refractivity contribution is 0.0951. The van der Waals surface area contributed by atoms with Crippen molar-refractivity contribution in [3.8, 4) is 6.07 Å². The molecular weight excluding hydrogens is 252 g/mol. The van der Waals surface area contributed by atoms with Gasteiger partial charge in [0.15, 0.2) is 0 Å². The zero-order valence-corrected chi connectivity index (χ0v) is 11.1. The smallest absolute Gasteiger partial charge is 0.255 e. The van der Waals surface area contributed by atoms with Gasteiger partial charge in [-0.3, -0.25) is 9.78 Å². The van der Waals surface area contributed by atoms with Gasteiger partial charge in [0, 0.05) is 31.7 Å². The molecule has 1 aromatic heterocycles. The van der Waals surface area contributed by atoms with Gasteiger partial charge in [-0.15, -0.1) is 0 Å². The highest BCUT2D eigenvalue weighted by molar-refractivity contribution is 5.99. The first-order chi connectivity index (χ1) is 9.74. The molecule has 0 saturated carbocycles. The number of nitrogens with zero attached hydrogens (tertiary/aromatic N) is 2. The Balaban J connectivity index is 2.03. The minimum absolute atomic E-state index is 0.188. The molecule has 100 valence electrons. The van der Waals surface area contributed by atoms with Gasteiger partial charge in [0.05, 0.1) is 17.2 Å². The van der Waals surface area contributed by atoms with Crippen LogP contribution in [0.15, 0.2) is 42.7 Å². The summed E-state index contributed by atoms with van der Waals surface area (Å²) in [5, 5.41) is 14.5. The molecule has 0 atom stereocenters. The molecule has 20 heavy (non-hydrogen) atoms. The van der Waals surface area contributed by atoms with E-state index in [1.165, 1.54) is 6.20 Å². The molecule has 2 N–H and O–H groups in total. The van der Waals surface area contributed by atoms with Crippen molar-refractivity contribution < 1.29 is 4.79 Å². The number of benzene rings is 1. The van der Waals surface area contributed by atoms with Gasteiger partial charge >= 0.3 is 0 Å². The topological polar surface area (TPSA) is 77.8 Å². The van der Waals surface area contributed by atoms with Gasteiger partial charge in [-0.1, -0.05) is 12.1 Å². The predicted molar refractivity (Wildman–Crippen MR) is 76.1 cm³/mol. The lowest BCUT2D eigenvalue weighted by Crippen LogP contribution is -2.23. The molecule has 2 aromatic rings. The zero-order valence-electron chi connectivity index (χ0n) is 11.1. The van der Waals surface area contributed by atoms with Gasteiger partial charge in [0.2, 0.25) is 0 Å². The Bertz CT molecular complexity index is 644. The SMILES string of the molecule is CNc1ccncc1C(=O)NCc1ccc(C#N)cc1. The van der Waals surface area contributed by atoms with Crippen molar-refractivity contribution >= 4 is 11.6 Å². The molecule has 1 amide bonds. The molecule has 0 aliphatic carbocycles. The number of anilines is 1. The lowest BCUT2D eigenvalue weighted by Gasteiger charge is -2.09. The number of carbonyl (C=O) groups is 1. The van der Waals surface area contributed by atoms with Crippen molar-refractivity contribution in [1.29, 1.82) is 5.26 Å². The number of hydrogen-bond donors (Lipinski definition) is 2. The Hall–Kier alpha value is -2.87. The number of pyridine rings is 1. The van der Waals surface area contributed by atoms with E-state index in [4.69, 9.17) is 5.26 Å². The lowest BCUT2D eigenvalue weighted by atomic mass is 10.1. The van der Waals surface area contributed by atoms with E-state index in [0.29, 0.717) is 17.7 Å². The van der Waals surface area contributed by atoms with E-state index < -0.39 is 0 Å². The van der Waals surface area contributed by atoms with Crippen LogP contribution in [0.25, 0.3) is 0 Å². The summed E-state index contributed by atoms with van der Waals surface area (Å²) in [5.74, 6) is -0.188. The standard InChI is InChI=1S/C15H14N4O/c1-17-14-6-7-18-10-13(14)15(20)19-9-12-4-2-11(8-16)3-5-12/h2-7,10H,9H2,1H3,(H,17,18)(H,19,20). The van der Waals surface area contributed by atoms with Crippen LogP contribution in [0.3, 0.4) is 0 Å². The molecule has 0 unspecified atom stereocenters. The van der Waals surface area contributed by atoms with Crippen LogP contribution in [0.1, 0.15) is 21.5 Å². The molecule has 1 aromatic carbocycles. The van der Waals surface area contributed by atoms with Crippen LogP contribution < -0.4 is 10.6 Å². The average Bonchev–Trinajstić information content (AvgIpc) is 2.53. The molecule has 0 radical (unpaired) electrons. The van der Waals surface area contributed by atoms with E-state index in [0.717, 1.165) is 11.3 Å². The van der Waals surface area contributed by atoms with Crippen molar-refractivity contribution in [2.75, 3.05) is 12.4 Å². The van der Waals surface area contributed by atoms with Crippen molar-refractivity contribution in [1.82, 2.24) is 10.3 Å². The Morgan fingerprint density at radius 1 is 1.30 bits per heavy atom. The average molecular weight is 266 g/mol. The van der Waals surface area contributed by atoms with E-state index in [-0.39, 0.29) is 5.91 Å². The van der Waals surface area contributed by atoms with Gasteiger partial charge in [-0.05, 0) is 23.8 Å². The summed E-state index contributed by atoms with van der Waals surface area (Å²) in [6, 6.07) is 10.9. The number of rotatable bonds is 4. The molecule has 2 rings (SSSR count). The molecule has 0 saturated heterocycles. The fourth-order valence-electron chi connectivity index (χ4n) is 1.77. The third-order valence-corrected chi connectivity index (χ3v) is 2.87. The van der Waals surface area contributed by atoms with Crippen LogP contribution in [0.2, 0.25) is 0 Å². The maximum atomic E-state index is 12.1. The molecule has 1 heterocycles. The Labute approximate surface area is 117 Å². The van der Waals surface area contributed by atoms with E-state index in [2.05, 4.69) is 21.7 Å². The summed E-state index contributed by atoms with van der Waals surface area (Å²) in [6.07, 6.45) is 3.16. The van der Waals surface area contributed by atoms with Gasteiger partial charge in [0.1, 0.15) is 0 Å². The van der Waals surface area contributed by atoms with Crippen LogP contribution in [-0.4, -0.2) is 17.9 Å². The van der Waals surface area contributed by atoms with Crippen molar-refractivity contribution in [2.45, 2.75) is 6.54 Å². The van der Waals surface area contributed by atoms with Crippen molar-refractivity contribution in [2.24, 2.45) is 0 Å². The van der Waals surface area contributed by atoms with E-state index in [9.17, 15) is 4.79 Å². The van der Waals surface area contributed by atoms with Gasteiger partial charge in [0.25, 0.3) is 5.91 Å². The number of nitriles is 1. The second-order valence-electron chi connectivity index (χ2n) is 4.16. The van der Waals surface area contributed by atoms with Crippen molar-refractivity contribution in [3.05, 3.63) is 59.4 Å². The number of aromatic nitrogens is 1. The fourth-order valence-corrected chi connectivity index (χ4v) is 1.77. The quantitative estimate of drug-likeness (QED) is 0.886. The normalized spacial score (nSPS) is 9.60. The summed E-state index contributed by atoms with van der Waals surface area (Å²) in [4.78, 5) is 16.0. The molecule has 0 bridgehead atoms. The molecular formula is C15H14N4O. The van der Waals surface area contributed by atoms with E-state index in [1.54, 1.807) is 31.4 Å². The van der Waals surface area contributed by atoms with Gasteiger partial charge < -0.3 is 10.6 Å². The van der Waals surface area contributed by atoms with Gasteiger partial charge in [-0.2, -0.15) is 5.26 Å². The highest BCUT2D eigenvalue weighted by Crippen LogP contribution is 2.12. The molecule has 0 spiro atoms. The minimum Gasteiger partial charge on any atom is -0.387 e. The largest absolute Gasteiger partial charge is 0.387 e. The van der Waals surface area contributed by atoms with E-state index in [1.807, 2.05) is 12.1 Å². The Kier molecular flexibility index (Phi) is 4.30. The number of carbonyl (C=O) groups excluding carboxylic acids is 1. The molecule has 0 aliphatic heterocycles. The zero-order chi connectivity index (χ0) is 14.4. The van der Waals surface area contributed by atoms with Crippen molar-refractivity contribution in [3.63, 3.8) is 0 Å². The second-order valence-corrected chi connectivity index (χ2v) is 4.16. The first-order valence-corrected chi connectivity index (χ1v) is 6.13. The number of nitrogens with one attached hydrogen (secondary N) is 2. The van der Waals surface area contributed by atoms with Crippen LogP contribution >= 0.6 is 0 Å². The number of amides is 1. The predicted octanol–water partition coefficient (Wildman–Crippen LogP) is 1.92. The molecule has 0 aliphatic rings. The minimum atomic E-state index is -0.188. The Morgan fingerprint density at radius 3 is 2.70 bits per heavy atom. The first-order valence-electron chi connectivity index (χ1n) is 6.13. The third-order valence-electron chi connectivity index (χ3n) is 2.87. The summed E-state index contributed by atoms with van der Waals surface area (Å²) < 4.78 is 0. The molecule has 5 heteroatoms. The van der Waals surface area contributed by atoms with Crippen LogP contribution in [0.5, 0.6) is 0 Å². The molecule has 0 fully saturated rings. The van der Waals surface area contributed by atoms with Gasteiger partial charge in [-0.25, -0.2) is 0 Å². The fraction of sp³-hybridized carbons (Fsp3) is 0.133. The number of hydrogen-bond acceptors (Lipinski definition) is 4. The van der Waals surface area contributed by atoms with Crippen LogP contribution in [0.4, 0.5) is 5.69 Å². The monoisotopic (exact) mass is 266 g/mol. The van der Waals surface area contributed by atoms with Crippen LogP contribution in [-0.2, 0) is 6.54 Å². The summed E-state index contributed by atoms with van der Waals surface area (Å²) in [6.45, 7) is 0.405. The van der Waals surface area contributed by atoms with Crippen LogP contribution in [0, 0.1) is 11.3 Å². The summed E-state index contributed by atoms with van der Waals surface area (Å²) >= 11 is 0. The summed E-state index contributed by atoms with van der Waals surface area (Å²) in [5.41, 5.74) is 2.78. The summed E-state index contributed by atoms with van der Waals surface area (Å²) in [7, 11) is 1.76. The highest BCUT2D eigenvalue weighted by atomic mass is 16.1. The van der Waals surface area contributed by atoms with E-state index >= 15 is 0 Å². The first kappa shape index (κ1) is 13.6. The maximum Gasteiger partial charge on any atom is 0.255 e.